The summed E-state index contributed by atoms with van der Waals surface area (Å²) in [7, 11) is 3.24. The van der Waals surface area contributed by atoms with Crippen molar-refractivity contribution in [2.45, 2.75) is 6.92 Å². The lowest BCUT2D eigenvalue weighted by molar-refractivity contribution is 0.204. The fourth-order valence-electron chi connectivity index (χ4n) is 1.51. The molecule has 1 aromatic carbocycles. The first kappa shape index (κ1) is 17.2. The first-order valence-corrected chi connectivity index (χ1v) is 6.98. The van der Waals surface area contributed by atoms with Gasteiger partial charge < -0.3 is 19.5 Å². The Morgan fingerprint density at radius 2 is 2.14 bits per heavy atom. The topological polar surface area (TPSA) is 64.1 Å². The number of hydrogen-bond donors (Lipinski definition) is 2. The average Bonchev–Trinajstić information content (AvgIpc) is 2.48. The molecule has 2 N–H and O–H groups in total. The molecule has 116 valence electrons. The third-order valence-corrected chi connectivity index (χ3v) is 2.69. The van der Waals surface area contributed by atoms with Crippen molar-refractivity contribution in [2.24, 2.45) is 5.10 Å². The molecular weight excluding hydrogens is 290 g/mol. The van der Waals surface area contributed by atoms with Crippen LogP contribution in [0, 0.1) is 0 Å². The fourth-order valence-corrected chi connectivity index (χ4v) is 1.67. The molecule has 0 aliphatic heterocycles. The second kappa shape index (κ2) is 9.95. The molecule has 1 aromatic rings. The Labute approximate surface area is 130 Å². The molecule has 0 radical (unpaired) electrons. The molecule has 0 fully saturated rings. The van der Waals surface area contributed by atoms with E-state index in [0.717, 1.165) is 5.56 Å². The zero-order valence-corrected chi connectivity index (χ0v) is 13.3. The van der Waals surface area contributed by atoms with Crippen LogP contribution in [0.4, 0.5) is 0 Å². The zero-order chi connectivity index (χ0) is 15.5. The molecule has 0 atom stereocenters. The second-order valence-corrected chi connectivity index (χ2v) is 4.37. The maximum atomic E-state index is 5.50. The van der Waals surface area contributed by atoms with E-state index in [2.05, 4.69) is 15.8 Å². The third-order valence-electron chi connectivity index (χ3n) is 2.46. The van der Waals surface area contributed by atoms with Crippen molar-refractivity contribution in [3.05, 3.63) is 23.8 Å². The highest BCUT2D eigenvalue weighted by Gasteiger charge is 2.04. The Morgan fingerprint density at radius 3 is 2.81 bits per heavy atom. The van der Waals surface area contributed by atoms with Gasteiger partial charge in [-0.25, -0.2) is 0 Å². The van der Waals surface area contributed by atoms with Crippen molar-refractivity contribution in [3.63, 3.8) is 0 Å². The Kier molecular flexibility index (Phi) is 8.15. The van der Waals surface area contributed by atoms with Gasteiger partial charge in [-0.2, -0.15) is 5.10 Å². The number of nitrogens with zero attached hydrogens (tertiary/aromatic N) is 1. The van der Waals surface area contributed by atoms with Crippen LogP contribution in [0.2, 0.25) is 0 Å². The Bertz CT molecular complexity index is 481. The van der Waals surface area contributed by atoms with E-state index in [1.54, 1.807) is 20.4 Å². The highest BCUT2D eigenvalue weighted by Crippen LogP contribution is 2.27. The molecule has 0 heterocycles. The number of ether oxygens (including phenoxy) is 3. The van der Waals surface area contributed by atoms with Crippen LogP contribution in [0.5, 0.6) is 11.5 Å². The summed E-state index contributed by atoms with van der Waals surface area (Å²) in [4.78, 5) is 0. The zero-order valence-electron chi connectivity index (χ0n) is 12.5. The van der Waals surface area contributed by atoms with E-state index in [1.807, 2.05) is 25.1 Å². The summed E-state index contributed by atoms with van der Waals surface area (Å²) in [5.74, 6) is 1.38. The second-order valence-electron chi connectivity index (χ2n) is 3.96. The molecule has 0 aliphatic carbocycles. The number of rotatable bonds is 8. The number of benzene rings is 1. The van der Waals surface area contributed by atoms with Gasteiger partial charge in [0.2, 0.25) is 0 Å². The van der Waals surface area contributed by atoms with Gasteiger partial charge in [0.1, 0.15) is 0 Å². The summed E-state index contributed by atoms with van der Waals surface area (Å²) in [5.41, 5.74) is 3.61. The molecule has 1 rings (SSSR count). The minimum Gasteiger partial charge on any atom is -0.493 e. The quantitative estimate of drug-likeness (QED) is 0.329. The van der Waals surface area contributed by atoms with E-state index in [1.165, 1.54) is 0 Å². The van der Waals surface area contributed by atoms with Crippen molar-refractivity contribution in [2.75, 3.05) is 34.0 Å². The Hall–Kier alpha value is -1.86. The smallest absolute Gasteiger partial charge is 0.187 e. The lowest BCUT2D eigenvalue weighted by Crippen LogP contribution is -2.34. The van der Waals surface area contributed by atoms with E-state index in [-0.39, 0.29) is 0 Å². The Morgan fingerprint density at radius 1 is 1.33 bits per heavy atom. The Balaban J connectivity index is 2.55. The summed E-state index contributed by atoms with van der Waals surface area (Å²) >= 11 is 5.05. The van der Waals surface area contributed by atoms with Crippen molar-refractivity contribution in [1.29, 1.82) is 0 Å². The van der Waals surface area contributed by atoms with Crippen molar-refractivity contribution in [1.82, 2.24) is 10.7 Å². The standard InChI is InChI=1S/C14H21N3O3S/c1-4-20-13-9-11(5-6-12(13)19-3)10-16-17-14(21)15-7-8-18-2/h5-6,9-10H,4,7-8H2,1-3H3,(H2,15,17,21)/b16-10-. The van der Waals surface area contributed by atoms with E-state index >= 15 is 0 Å². The summed E-state index contributed by atoms with van der Waals surface area (Å²) < 4.78 is 15.6. The van der Waals surface area contributed by atoms with Crippen LogP contribution < -0.4 is 20.2 Å². The predicted octanol–water partition coefficient (Wildman–Crippen LogP) is 1.54. The van der Waals surface area contributed by atoms with Gasteiger partial charge in [0.05, 0.1) is 26.5 Å². The van der Waals surface area contributed by atoms with Gasteiger partial charge in [-0.1, -0.05) is 0 Å². The maximum absolute atomic E-state index is 5.50. The number of hydrogen-bond acceptors (Lipinski definition) is 5. The van der Waals surface area contributed by atoms with Crippen LogP contribution in [0.1, 0.15) is 12.5 Å². The number of methoxy groups -OCH3 is 2. The molecule has 0 amide bonds. The highest BCUT2D eigenvalue weighted by molar-refractivity contribution is 7.80. The van der Waals surface area contributed by atoms with Crippen LogP contribution >= 0.6 is 12.2 Å². The molecule has 0 bridgehead atoms. The molecule has 0 saturated carbocycles. The highest BCUT2D eigenvalue weighted by atomic mass is 32.1. The molecule has 6 nitrogen and oxygen atoms in total. The van der Waals surface area contributed by atoms with Gasteiger partial charge in [-0.15, -0.1) is 0 Å². The molecule has 7 heteroatoms. The van der Waals surface area contributed by atoms with Gasteiger partial charge in [0, 0.05) is 13.7 Å². The third kappa shape index (κ3) is 6.42. The summed E-state index contributed by atoms with van der Waals surface area (Å²) in [6, 6.07) is 5.57. The largest absolute Gasteiger partial charge is 0.493 e. The van der Waals surface area contributed by atoms with Gasteiger partial charge in [-0.05, 0) is 42.9 Å². The number of hydrazone groups is 1. The monoisotopic (exact) mass is 311 g/mol. The average molecular weight is 311 g/mol. The molecule has 21 heavy (non-hydrogen) atoms. The maximum Gasteiger partial charge on any atom is 0.187 e. The van der Waals surface area contributed by atoms with Gasteiger partial charge in [0.15, 0.2) is 16.6 Å². The van der Waals surface area contributed by atoms with Crippen molar-refractivity contribution in [3.8, 4) is 11.5 Å². The van der Waals surface area contributed by atoms with Gasteiger partial charge in [-0.3, -0.25) is 5.43 Å². The van der Waals surface area contributed by atoms with Gasteiger partial charge in [0.25, 0.3) is 0 Å². The van der Waals surface area contributed by atoms with Crippen molar-refractivity contribution >= 4 is 23.5 Å². The molecule has 0 aromatic heterocycles. The summed E-state index contributed by atoms with van der Waals surface area (Å²) in [6.45, 7) is 3.71. The van der Waals surface area contributed by atoms with Crippen LogP contribution in [0.3, 0.4) is 0 Å². The molecule has 0 aliphatic rings. The van der Waals surface area contributed by atoms with Crippen LogP contribution in [0.25, 0.3) is 0 Å². The van der Waals surface area contributed by atoms with E-state index in [0.29, 0.717) is 36.4 Å². The normalized spacial score (nSPS) is 10.4. The minimum absolute atomic E-state index is 0.446. The summed E-state index contributed by atoms with van der Waals surface area (Å²) in [6.07, 6.45) is 1.66. The first-order valence-electron chi connectivity index (χ1n) is 6.58. The first-order chi connectivity index (χ1) is 10.2. The van der Waals surface area contributed by atoms with E-state index in [4.69, 9.17) is 26.4 Å². The number of thiocarbonyl (C=S) groups is 1. The summed E-state index contributed by atoms with van der Waals surface area (Å²) in [5, 5.41) is 7.46. The molecule has 0 unspecified atom stereocenters. The molecule has 0 spiro atoms. The minimum atomic E-state index is 0.446. The molecular formula is C14H21N3O3S. The fraction of sp³-hybridized carbons (Fsp3) is 0.429. The van der Waals surface area contributed by atoms with Gasteiger partial charge >= 0.3 is 0 Å². The number of nitrogens with one attached hydrogen (secondary N) is 2. The lowest BCUT2D eigenvalue weighted by Gasteiger charge is -2.09. The SMILES string of the molecule is CCOc1cc(/C=N\NC(=S)NCCOC)ccc1OC. The lowest BCUT2D eigenvalue weighted by atomic mass is 10.2. The predicted molar refractivity (Wildman–Crippen MR) is 87.4 cm³/mol. The van der Waals surface area contributed by atoms with Crippen LogP contribution in [-0.2, 0) is 4.74 Å². The molecule has 0 saturated heterocycles. The van der Waals surface area contributed by atoms with E-state index in [9.17, 15) is 0 Å². The van der Waals surface area contributed by atoms with E-state index < -0.39 is 0 Å². The van der Waals surface area contributed by atoms with Crippen molar-refractivity contribution < 1.29 is 14.2 Å². The van der Waals surface area contributed by atoms with Crippen LogP contribution in [-0.4, -0.2) is 45.3 Å². The van der Waals surface area contributed by atoms with Crippen LogP contribution in [0.15, 0.2) is 23.3 Å².